The van der Waals surface area contributed by atoms with Gasteiger partial charge in [0.15, 0.2) is 0 Å². The molecule has 6 heteroatoms. The van der Waals surface area contributed by atoms with E-state index in [-0.39, 0.29) is 5.41 Å². The Morgan fingerprint density at radius 2 is 1.71 bits per heavy atom. The zero-order valence-corrected chi connectivity index (χ0v) is 14.8. The van der Waals surface area contributed by atoms with Crippen LogP contribution in [0.25, 0.3) is 0 Å². The van der Waals surface area contributed by atoms with E-state index >= 15 is 0 Å². The molecule has 2 bridgehead atoms. The zero-order valence-electron chi connectivity index (χ0n) is 14.8. The lowest BCUT2D eigenvalue weighted by Crippen LogP contribution is -2.69. The van der Waals surface area contributed by atoms with E-state index in [1.807, 2.05) is 31.5 Å². The molecule has 0 amide bonds. The number of nitrogens with zero attached hydrogens (tertiary/aromatic N) is 6. The predicted molar refractivity (Wildman–Crippen MR) is 94.4 cm³/mol. The average molecular weight is 324 g/mol. The van der Waals surface area contributed by atoms with Gasteiger partial charge >= 0.3 is 0 Å². The summed E-state index contributed by atoms with van der Waals surface area (Å²) in [6.07, 6.45) is 4.95. The Bertz CT molecular complexity index is 741. The second-order valence-electron chi connectivity index (χ2n) is 7.84. The summed E-state index contributed by atoms with van der Waals surface area (Å²) in [5.41, 5.74) is 0.985. The fourth-order valence-electron chi connectivity index (χ4n) is 3.59. The molecule has 2 aromatic heterocycles. The molecular formula is C18H24N6. The van der Waals surface area contributed by atoms with Crippen LogP contribution in [0.5, 0.6) is 0 Å². The maximum absolute atomic E-state index is 4.83. The Balaban J connectivity index is 1.54. The second kappa shape index (κ2) is 5.40. The summed E-state index contributed by atoms with van der Waals surface area (Å²) in [6, 6.07) is 4.94. The first-order valence-corrected chi connectivity index (χ1v) is 8.58. The molecule has 0 radical (unpaired) electrons. The van der Waals surface area contributed by atoms with Gasteiger partial charge in [0.1, 0.15) is 11.6 Å². The van der Waals surface area contributed by atoms with Crippen LogP contribution in [-0.2, 0) is 5.41 Å². The molecule has 2 aromatic rings. The van der Waals surface area contributed by atoms with Gasteiger partial charge in [-0.3, -0.25) is 0 Å². The van der Waals surface area contributed by atoms with E-state index in [9.17, 15) is 0 Å². The first-order valence-electron chi connectivity index (χ1n) is 8.58. The Morgan fingerprint density at radius 1 is 1.00 bits per heavy atom. The number of hydrogen-bond acceptors (Lipinski definition) is 6. The summed E-state index contributed by atoms with van der Waals surface area (Å²) in [7, 11) is 0. The molecule has 6 nitrogen and oxygen atoms in total. The maximum Gasteiger partial charge on any atom is 0.225 e. The minimum Gasteiger partial charge on any atom is -0.347 e. The lowest BCUT2D eigenvalue weighted by molar-refractivity contribution is 0.286. The minimum absolute atomic E-state index is 0.0303. The molecule has 3 saturated heterocycles. The highest BCUT2D eigenvalue weighted by atomic mass is 15.4. The number of hydrogen-bond donors (Lipinski definition) is 0. The number of piperidine rings is 1. The van der Waals surface area contributed by atoms with E-state index in [1.165, 1.54) is 6.42 Å². The molecule has 0 aromatic carbocycles. The van der Waals surface area contributed by atoms with Crippen molar-refractivity contribution in [2.75, 3.05) is 22.9 Å². The van der Waals surface area contributed by atoms with Crippen LogP contribution in [0.1, 0.15) is 38.7 Å². The van der Waals surface area contributed by atoms with E-state index in [4.69, 9.17) is 4.98 Å². The standard InChI is InChI=1S/C18H24N6/c1-12-5-7-20-17(21-12)23-10-13-9-14(11-23)24(13)15-6-8-19-16(22-15)18(2,3)4/h5-8,13-14H,9-11H2,1-4H3. The van der Waals surface area contributed by atoms with E-state index in [2.05, 4.69) is 45.5 Å². The van der Waals surface area contributed by atoms with Crippen LogP contribution in [0.2, 0.25) is 0 Å². The summed E-state index contributed by atoms with van der Waals surface area (Å²) < 4.78 is 0. The molecule has 5 rings (SSSR count). The molecular weight excluding hydrogens is 300 g/mol. The first-order chi connectivity index (χ1) is 11.4. The van der Waals surface area contributed by atoms with Crippen molar-refractivity contribution in [3.63, 3.8) is 0 Å². The second-order valence-corrected chi connectivity index (χ2v) is 7.84. The van der Waals surface area contributed by atoms with Crippen LogP contribution in [0.3, 0.4) is 0 Å². The third-order valence-corrected chi connectivity index (χ3v) is 4.83. The number of piperazine rings is 1. The van der Waals surface area contributed by atoms with E-state index < -0.39 is 0 Å². The SMILES string of the molecule is Cc1ccnc(N2CC3CC(C2)N3c2ccnc(C(C)(C)C)n2)n1. The molecule has 2 unspecified atom stereocenters. The summed E-state index contributed by atoms with van der Waals surface area (Å²) in [4.78, 5) is 23.0. The average Bonchev–Trinajstić information content (AvgIpc) is 2.54. The van der Waals surface area contributed by atoms with Crippen molar-refractivity contribution < 1.29 is 0 Å². The van der Waals surface area contributed by atoms with Gasteiger partial charge in [-0.15, -0.1) is 0 Å². The number of rotatable bonds is 2. The molecule has 0 aliphatic carbocycles. The number of aromatic nitrogens is 4. The molecule has 0 saturated carbocycles. The van der Waals surface area contributed by atoms with Crippen molar-refractivity contribution in [3.8, 4) is 0 Å². The Morgan fingerprint density at radius 3 is 2.38 bits per heavy atom. The fourth-order valence-corrected chi connectivity index (χ4v) is 3.59. The van der Waals surface area contributed by atoms with Crippen LogP contribution < -0.4 is 9.80 Å². The third-order valence-electron chi connectivity index (χ3n) is 4.83. The van der Waals surface area contributed by atoms with Gasteiger partial charge in [0.2, 0.25) is 5.95 Å². The van der Waals surface area contributed by atoms with Crippen molar-refractivity contribution in [1.29, 1.82) is 0 Å². The molecule has 3 aliphatic rings. The van der Waals surface area contributed by atoms with Gasteiger partial charge < -0.3 is 9.80 Å². The smallest absolute Gasteiger partial charge is 0.225 e. The monoisotopic (exact) mass is 324 g/mol. The first kappa shape index (κ1) is 15.3. The van der Waals surface area contributed by atoms with Crippen LogP contribution in [-0.4, -0.2) is 45.1 Å². The lowest BCUT2D eigenvalue weighted by Gasteiger charge is -2.56. The molecule has 24 heavy (non-hydrogen) atoms. The van der Waals surface area contributed by atoms with E-state index in [0.29, 0.717) is 12.1 Å². The molecule has 3 fully saturated rings. The van der Waals surface area contributed by atoms with Crippen molar-refractivity contribution in [2.24, 2.45) is 0 Å². The van der Waals surface area contributed by atoms with Crippen LogP contribution in [0.15, 0.2) is 24.5 Å². The number of aryl methyl sites for hydroxylation is 1. The van der Waals surface area contributed by atoms with E-state index in [0.717, 1.165) is 36.4 Å². The highest BCUT2D eigenvalue weighted by molar-refractivity contribution is 5.50. The zero-order chi connectivity index (χ0) is 16.9. The quantitative estimate of drug-likeness (QED) is 0.845. The topological polar surface area (TPSA) is 58.0 Å². The van der Waals surface area contributed by atoms with Gasteiger partial charge in [0.25, 0.3) is 0 Å². The van der Waals surface area contributed by atoms with Crippen LogP contribution in [0.4, 0.5) is 11.8 Å². The summed E-state index contributed by atoms with van der Waals surface area (Å²) in [6.45, 7) is 10.4. The van der Waals surface area contributed by atoms with Gasteiger partial charge in [-0.25, -0.2) is 19.9 Å². The van der Waals surface area contributed by atoms with Crippen molar-refractivity contribution in [3.05, 3.63) is 36.0 Å². The van der Waals surface area contributed by atoms with Gasteiger partial charge in [0, 0.05) is 36.6 Å². The number of fused-ring (bicyclic) bond motifs is 2. The summed E-state index contributed by atoms with van der Waals surface area (Å²) in [5, 5.41) is 0. The fraction of sp³-hybridized carbons (Fsp3) is 0.556. The Kier molecular flexibility index (Phi) is 3.44. The lowest BCUT2D eigenvalue weighted by atomic mass is 9.87. The van der Waals surface area contributed by atoms with E-state index in [1.54, 1.807) is 0 Å². The van der Waals surface area contributed by atoms with Gasteiger partial charge in [-0.05, 0) is 25.5 Å². The molecule has 3 aliphatic heterocycles. The van der Waals surface area contributed by atoms with Crippen LogP contribution in [0, 0.1) is 6.92 Å². The van der Waals surface area contributed by atoms with Crippen LogP contribution >= 0.6 is 0 Å². The Labute approximate surface area is 143 Å². The number of anilines is 2. The largest absolute Gasteiger partial charge is 0.347 e. The molecule has 0 N–H and O–H groups in total. The van der Waals surface area contributed by atoms with Crippen molar-refractivity contribution in [1.82, 2.24) is 19.9 Å². The summed E-state index contributed by atoms with van der Waals surface area (Å²) in [5.74, 6) is 2.81. The van der Waals surface area contributed by atoms with Gasteiger partial charge in [0.05, 0.1) is 12.1 Å². The third kappa shape index (κ3) is 2.60. The molecule has 0 spiro atoms. The summed E-state index contributed by atoms with van der Waals surface area (Å²) >= 11 is 0. The Hall–Kier alpha value is -2.24. The van der Waals surface area contributed by atoms with Gasteiger partial charge in [-0.1, -0.05) is 20.8 Å². The van der Waals surface area contributed by atoms with Crippen molar-refractivity contribution >= 4 is 11.8 Å². The highest BCUT2D eigenvalue weighted by Gasteiger charge is 2.46. The predicted octanol–water partition coefficient (Wildman–Crippen LogP) is 2.34. The van der Waals surface area contributed by atoms with Gasteiger partial charge in [-0.2, -0.15) is 0 Å². The normalized spacial score (nSPS) is 23.2. The highest BCUT2D eigenvalue weighted by Crippen LogP contribution is 2.37. The minimum atomic E-state index is -0.0303. The molecule has 126 valence electrons. The van der Waals surface area contributed by atoms with Crippen molar-refractivity contribution in [2.45, 2.75) is 51.6 Å². The maximum atomic E-state index is 4.83. The molecule has 2 atom stereocenters. The molecule has 5 heterocycles.